The molecule has 112 valence electrons. The van der Waals surface area contributed by atoms with Gasteiger partial charge in [0.1, 0.15) is 5.82 Å². The quantitative estimate of drug-likeness (QED) is 0.849. The average molecular weight is 307 g/mol. The van der Waals surface area contributed by atoms with Crippen molar-refractivity contribution >= 4 is 10.0 Å². The molecule has 0 aromatic heterocycles. The molecule has 0 atom stereocenters. The summed E-state index contributed by atoms with van der Waals surface area (Å²) in [5.41, 5.74) is 1.34. The fourth-order valence-electron chi connectivity index (χ4n) is 2.20. The Hall–Kier alpha value is -1.72. The van der Waals surface area contributed by atoms with Crippen molar-refractivity contribution in [3.05, 3.63) is 65.5 Å². The summed E-state index contributed by atoms with van der Waals surface area (Å²) in [4.78, 5) is 0.154. The second-order valence-electron chi connectivity index (χ2n) is 4.83. The van der Waals surface area contributed by atoms with Gasteiger partial charge in [-0.2, -0.15) is 4.31 Å². The molecule has 0 saturated carbocycles. The highest BCUT2D eigenvalue weighted by molar-refractivity contribution is 7.89. The van der Waals surface area contributed by atoms with E-state index in [1.54, 1.807) is 13.8 Å². The number of halogens is 1. The molecule has 0 spiro atoms. The molecule has 0 N–H and O–H groups in total. The largest absolute Gasteiger partial charge is 0.243 e. The Balaban J connectivity index is 2.36. The molecule has 0 aliphatic carbocycles. The van der Waals surface area contributed by atoms with Gasteiger partial charge >= 0.3 is 0 Å². The fraction of sp³-hybridized carbons (Fsp3) is 0.250. The molecule has 2 rings (SSSR count). The lowest BCUT2D eigenvalue weighted by Gasteiger charge is -2.21. The number of sulfonamides is 1. The van der Waals surface area contributed by atoms with Crippen LogP contribution < -0.4 is 0 Å². The van der Waals surface area contributed by atoms with Gasteiger partial charge in [0.05, 0.1) is 4.90 Å². The molecule has 0 radical (unpaired) electrons. The lowest BCUT2D eigenvalue weighted by Crippen LogP contribution is -2.31. The summed E-state index contributed by atoms with van der Waals surface area (Å²) < 4.78 is 40.0. The number of rotatable bonds is 5. The van der Waals surface area contributed by atoms with Gasteiger partial charge in [-0.3, -0.25) is 0 Å². The van der Waals surface area contributed by atoms with Crippen LogP contribution in [0.1, 0.15) is 18.1 Å². The highest BCUT2D eigenvalue weighted by Crippen LogP contribution is 2.22. The Morgan fingerprint density at radius 1 is 1.10 bits per heavy atom. The van der Waals surface area contributed by atoms with Gasteiger partial charge in [-0.15, -0.1) is 0 Å². The van der Waals surface area contributed by atoms with Crippen molar-refractivity contribution in [2.45, 2.75) is 25.3 Å². The van der Waals surface area contributed by atoms with Gasteiger partial charge in [0.15, 0.2) is 0 Å². The van der Waals surface area contributed by atoms with Crippen molar-refractivity contribution in [1.29, 1.82) is 0 Å². The average Bonchev–Trinajstić information content (AvgIpc) is 2.45. The molecule has 2 aromatic rings. The van der Waals surface area contributed by atoms with E-state index >= 15 is 0 Å². The van der Waals surface area contributed by atoms with Crippen molar-refractivity contribution in [2.24, 2.45) is 0 Å². The van der Waals surface area contributed by atoms with E-state index in [2.05, 4.69) is 0 Å². The first-order chi connectivity index (χ1) is 9.95. The zero-order chi connectivity index (χ0) is 15.5. The molecule has 0 aliphatic rings. The Morgan fingerprint density at radius 3 is 2.33 bits per heavy atom. The molecule has 0 unspecified atom stereocenters. The van der Waals surface area contributed by atoms with Gasteiger partial charge in [0.2, 0.25) is 10.0 Å². The summed E-state index contributed by atoms with van der Waals surface area (Å²) in [6, 6.07) is 13.1. The molecule has 5 heteroatoms. The zero-order valence-corrected chi connectivity index (χ0v) is 12.9. The summed E-state index contributed by atoms with van der Waals surface area (Å²) in [5, 5.41) is 0. The molecule has 0 heterocycles. The highest BCUT2D eigenvalue weighted by atomic mass is 32.2. The van der Waals surface area contributed by atoms with E-state index in [0.717, 1.165) is 5.56 Å². The monoisotopic (exact) mass is 307 g/mol. The van der Waals surface area contributed by atoms with E-state index in [4.69, 9.17) is 0 Å². The van der Waals surface area contributed by atoms with Crippen molar-refractivity contribution in [3.8, 4) is 0 Å². The zero-order valence-electron chi connectivity index (χ0n) is 12.1. The molecule has 0 bridgehead atoms. The van der Waals surface area contributed by atoms with Crippen molar-refractivity contribution in [2.75, 3.05) is 6.54 Å². The van der Waals surface area contributed by atoms with Gasteiger partial charge in [-0.1, -0.05) is 37.3 Å². The minimum atomic E-state index is -3.63. The number of aryl methyl sites for hydroxylation is 1. The van der Waals surface area contributed by atoms with E-state index in [9.17, 15) is 12.8 Å². The number of benzene rings is 2. The molecular formula is C16H18FNO2S. The summed E-state index contributed by atoms with van der Waals surface area (Å²) >= 11 is 0. The first-order valence-electron chi connectivity index (χ1n) is 6.75. The van der Waals surface area contributed by atoms with Crippen molar-refractivity contribution < 1.29 is 12.8 Å². The Morgan fingerprint density at radius 2 is 1.76 bits per heavy atom. The molecule has 3 nitrogen and oxygen atoms in total. The van der Waals surface area contributed by atoms with Crippen LogP contribution in [-0.2, 0) is 16.6 Å². The lowest BCUT2D eigenvalue weighted by molar-refractivity contribution is 0.423. The van der Waals surface area contributed by atoms with Crippen LogP contribution in [0.3, 0.4) is 0 Å². The molecular weight excluding hydrogens is 289 g/mol. The lowest BCUT2D eigenvalue weighted by atomic mass is 10.2. The van der Waals surface area contributed by atoms with Gasteiger partial charge < -0.3 is 0 Å². The van der Waals surface area contributed by atoms with E-state index in [-0.39, 0.29) is 4.90 Å². The maximum absolute atomic E-state index is 13.2. The molecule has 2 aromatic carbocycles. The number of nitrogens with zero attached hydrogens (tertiary/aromatic N) is 1. The van der Waals surface area contributed by atoms with Gasteiger partial charge in [0, 0.05) is 13.1 Å². The van der Waals surface area contributed by atoms with Gasteiger partial charge in [0.25, 0.3) is 0 Å². The topological polar surface area (TPSA) is 37.4 Å². The van der Waals surface area contributed by atoms with E-state index in [1.807, 2.05) is 30.3 Å². The minimum Gasteiger partial charge on any atom is -0.207 e. The second-order valence-corrected chi connectivity index (χ2v) is 6.73. The molecule has 0 fully saturated rings. The van der Waals surface area contributed by atoms with Crippen LogP contribution in [0.4, 0.5) is 4.39 Å². The fourth-order valence-corrected chi connectivity index (χ4v) is 3.84. The Labute approximate surface area is 125 Å². The van der Waals surface area contributed by atoms with Crippen LogP contribution in [0.5, 0.6) is 0 Å². The second kappa shape index (κ2) is 6.37. The number of hydrogen-bond acceptors (Lipinski definition) is 2. The summed E-state index contributed by atoms with van der Waals surface area (Å²) in [5.74, 6) is -0.433. The Kier molecular flexibility index (Phi) is 4.75. The summed E-state index contributed by atoms with van der Waals surface area (Å²) in [6.07, 6.45) is 0. The maximum Gasteiger partial charge on any atom is 0.243 e. The highest BCUT2D eigenvalue weighted by Gasteiger charge is 2.25. The molecule has 0 saturated heterocycles. The first-order valence-corrected chi connectivity index (χ1v) is 8.19. The van der Waals surface area contributed by atoms with Crippen LogP contribution >= 0.6 is 0 Å². The Bertz CT molecular complexity index is 714. The smallest absolute Gasteiger partial charge is 0.207 e. The molecule has 0 amide bonds. The van der Waals surface area contributed by atoms with Crippen LogP contribution in [0.25, 0.3) is 0 Å². The van der Waals surface area contributed by atoms with Crippen molar-refractivity contribution in [3.63, 3.8) is 0 Å². The van der Waals surface area contributed by atoms with E-state index < -0.39 is 15.8 Å². The SMILES string of the molecule is CCN(Cc1ccccc1)S(=O)(=O)c1ccc(F)cc1C. The first kappa shape index (κ1) is 15.7. The summed E-state index contributed by atoms with van der Waals surface area (Å²) in [6.45, 7) is 4.05. The van der Waals surface area contributed by atoms with E-state index in [1.165, 1.54) is 22.5 Å². The predicted octanol–water partition coefficient (Wildman–Crippen LogP) is 3.34. The molecule has 21 heavy (non-hydrogen) atoms. The predicted molar refractivity (Wildman–Crippen MR) is 80.8 cm³/mol. The minimum absolute atomic E-state index is 0.154. The molecule has 0 aliphatic heterocycles. The van der Waals surface area contributed by atoms with E-state index in [0.29, 0.717) is 18.7 Å². The van der Waals surface area contributed by atoms with Crippen LogP contribution in [-0.4, -0.2) is 19.3 Å². The van der Waals surface area contributed by atoms with Gasteiger partial charge in [-0.25, -0.2) is 12.8 Å². The third kappa shape index (κ3) is 3.49. The summed E-state index contributed by atoms with van der Waals surface area (Å²) in [7, 11) is -3.63. The number of hydrogen-bond donors (Lipinski definition) is 0. The van der Waals surface area contributed by atoms with Crippen LogP contribution in [0.2, 0.25) is 0 Å². The van der Waals surface area contributed by atoms with Crippen LogP contribution in [0.15, 0.2) is 53.4 Å². The third-order valence-corrected chi connectivity index (χ3v) is 5.39. The third-order valence-electron chi connectivity index (χ3n) is 3.31. The van der Waals surface area contributed by atoms with Crippen LogP contribution in [0, 0.1) is 12.7 Å². The normalized spacial score (nSPS) is 11.8. The maximum atomic E-state index is 13.2. The standard InChI is InChI=1S/C16H18FNO2S/c1-3-18(12-14-7-5-4-6-8-14)21(19,20)16-10-9-15(17)11-13(16)2/h4-11H,3,12H2,1-2H3. The van der Waals surface area contributed by atoms with Gasteiger partial charge in [-0.05, 0) is 36.2 Å². The van der Waals surface area contributed by atoms with Crippen molar-refractivity contribution in [1.82, 2.24) is 4.31 Å².